The molecule has 1 aromatic carbocycles. The molecule has 0 bridgehead atoms. The molecule has 0 heterocycles. The molecule has 0 spiro atoms. The van der Waals surface area contributed by atoms with E-state index in [-0.39, 0.29) is 10.6 Å². The van der Waals surface area contributed by atoms with Crippen LogP contribution in [0.2, 0.25) is 0 Å². The average molecular weight is 231 g/mol. The van der Waals surface area contributed by atoms with Gasteiger partial charge in [0.05, 0.1) is 7.11 Å². The molecule has 0 saturated carbocycles. The minimum atomic E-state index is -3.93. The van der Waals surface area contributed by atoms with E-state index >= 15 is 0 Å². The first kappa shape index (κ1) is 11.4. The second-order valence-corrected chi connectivity index (χ2v) is 4.65. The monoisotopic (exact) mass is 231 g/mol. The molecule has 0 fully saturated rings. The van der Waals surface area contributed by atoms with E-state index in [9.17, 15) is 18.5 Å². The predicted molar refractivity (Wildman–Crippen MR) is 52.0 cm³/mol. The summed E-state index contributed by atoms with van der Waals surface area (Å²) in [7, 11) is -2.62. The van der Waals surface area contributed by atoms with Crippen molar-refractivity contribution in [1.29, 1.82) is 0 Å². The zero-order valence-electron chi connectivity index (χ0n) is 7.91. The van der Waals surface area contributed by atoms with E-state index in [2.05, 4.69) is 0 Å². The summed E-state index contributed by atoms with van der Waals surface area (Å²) in [4.78, 5) is 9.12. The lowest BCUT2D eigenvalue weighted by Crippen LogP contribution is -2.15. The highest BCUT2D eigenvalue weighted by atomic mass is 32.2. The molecule has 82 valence electrons. The molecule has 0 N–H and O–H groups in total. The molecule has 0 atom stereocenters. The molecule has 7 heteroatoms. The summed E-state index contributed by atoms with van der Waals surface area (Å²) in [6.07, 6.45) is 0. The largest absolute Gasteiger partial charge is 0.495 e. The van der Waals surface area contributed by atoms with Crippen LogP contribution in [0.3, 0.4) is 0 Å². The Morgan fingerprint density at radius 2 is 2.00 bits per heavy atom. The first-order valence-electron chi connectivity index (χ1n) is 3.95. The van der Waals surface area contributed by atoms with Gasteiger partial charge in [-0.2, -0.15) is 0 Å². The van der Waals surface area contributed by atoms with Crippen LogP contribution in [0.25, 0.3) is 0 Å². The third kappa shape index (κ3) is 2.66. The van der Waals surface area contributed by atoms with E-state index in [0.717, 1.165) is 0 Å². The molecule has 0 radical (unpaired) electrons. The van der Waals surface area contributed by atoms with Gasteiger partial charge in [0, 0.05) is 4.92 Å². The second-order valence-electron chi connectivity index (χ2n) is 2.73. The highest BCUT2D eigenvalue weighted by Gasteiger charge is 2.24. The highest BCUT2D eigenvalue weighted by molar-refractivity contribution is 7.91. The molecule has 1 aromatic rings. The number of ether oxygens (including phenoxy) is 1. The lowest BCUT2D eigenvalue weighted by Gasteiger charge is -2.05. The number of nitro groups is 1. The molecular formula is C8H9NO5S. The molecule has 1 rings (SSSR count). The van der Waals surface area contributed by atoms with Gasteiger partial charge in [0.15, 0.2) is 0 Å². The standard InChI is InChI=1S/C8H9NO5S/c1-14-7-4-2-3-5-8(7)15(12,13)6-9(10)11/h2-5H,6H2,1H3. The number of methoxy groups -OCH3 is 1. The minimum absolute atomic E-state index is 0.111. The van der Waals surface area contributed by atoms with Gasteiger partial charge in [-0.3, -0.25) is 10.1 Å². The topological polar surface area (TPSA) is 86.5 Å². The zero-order valence-corrected chi connectivity index (χ0v) is 8.73. The summed E-state index contributed by atoms with van der Waals surface area (Å²) < 4.78 is 27.8. The van der Waals surface area contributed by atoms with Crippen LogP contribution in [-0.4, -0.2) is 26.3 Å². The molecule has 0 saturated heterocycles. The van der Waals surface area contributed by atoms with E-state index in [1.54, 1.807) is 6.07 Å². The number of hydrogen-bond donors (Lipinski definition) is 0. The van der Waals surface area contributed by atoms with Gasteiger partial charge in [0.25, 0.3) is 0 Å². The molecule has 6 nitrogen and oxygen atoms in total. The molecule has 0 unspecified atom stereocenters. The lowest BCUT2D eigenvalue weighted by molar-refractivity contribution is -0.458. The number of nitrogens with zero attached hydrogens (tertiary/aromatic N) is 1. The molecule has 0 amide bonds. The predicted octanol–water partition coefficient (Wildman–Crippen LogP) is 0.703. The maximum absolute atomic E-state index is 11.5. The smallest absolute Gasteiger partial charge is 0.306 e. The van der Waals surface area contributed by atoms with Crippen molar-refractivity contribution in [3.63, 3.8) is 0 Å². The lowest BCUT2D eigenvalue weighted by atomic mass is 10.3. The summed E-state index contributed by atoms with van der Waals surface area (Å²) in [5.41, 5.74) is 0. The van der Waals surface area contributed by atoms with E-state index < -0.39 is 20.6 Å². The van der Waals surface area contributed by atoms with Crippen molar-refractivity contribution in [3.05, 3.63) is 34.4 Å². The van der Waals surface area contributed by atoms with Crippen LogP contribution >= 0.6 is 0 Å². The first-order valence-corrected chi connectivity index (χ1v) is 5.60. The summed E-state index contributed by atoms with van der Waals surface area (Å²) in [6, 6.07) is 5.78. The van der Waals surface area contributed by atoms with Crippen LogP contribution in [0.15, 0.2) is 29.2 Å². The normalized spacial score (nSPS) is 11.0. The molecular weight excluding hydrogens is 222 g/mol. The van der Waals surface area contributed by atoms with E-state index in [4.69, 9.17) is 4.74 Å². The van der Waals surface area contributed by atoms with Crippen molar-refractivity contribution in [3.8, 4) is 5.75 Å². The van der Waals surface area contributed by atoms with Gasteiger partial charge in [-0.25, -0.2) is 8.42 Å². The van der Waals surface area contributed by atoms with Gasteiger partial charge in [-0.05, 0) is 12.1 Å². The van der Waals surface area contributed by atoms with Crippen LogP contribution in [0, 0.1) is 10.1 Å². The Hall–Kier alpha value is -1.63. The summed E-state index contributed by atoms with van der Waals surface area (Å²) >= 11 is 0. The number of rotatable bonds is 4. The van der Waals surface area contributed by atoms with Crippen LogP contribution in [0.4, 0.5) is 0 Å². The zero-order chi connectivity index (χ0) is 11.5. The SMILES string of the molecule is COc1ccccc1S(=O)(=O)C[N+](=O)[O-]. The Morgan fingerprint density at radius 3 is 2.53 bits per heavy atom. The van der Waals surface area contributed by atoms with Crippen LogP contribution in [0.1, 0.15) is 0 Å². The quantitative estimate of drug-likeness (QED) is 0.562. The Morgan fingerprint density at radius 1 is 1.40 bits per heavy atom. The third-order valence-corrected chi connectivity index (χ3v) is 3.24. The summed E-state index contributed by atoms with van der Waals surface area (Å²) in [5, 5.41) is 10.2. The Kier molecular flexibility index (Phi) is 3.25. The van der Waals surface area contributed by atoms with Gasteiger partial charge in [0.1, 0.15) is 10.6 Å². The molecule has 15 heavy (non-hydrogen) atoms. The van der Waals surface area contributed by atoms with Gasteiger partial charge in [-0.15, -0.1) is 0 Å². The van der Waals surface area contributed by atoms with E-state index in [0.29, 0.717) is 0 Å². The van der Waals surface area contributed by atoms with Gasteiger partial charge >= 0.3 is 5.88 Å². The van der Waals surface area contributed by atoms with Crippen LogP contribution in [-0.2, 0) is 9.84 Å². The van der Waals surface area contributed by atoms with E-state index in [1.807, 2.05) is 0 Å². The van der Waals surface area contributed by atoms with Gasteiger partial charge in [0.2, 0.25) is 9.84 Å². The van der Waals surface area contributed by atoms with Crippen molar-refractivity contribution in [2.75, 3.05) is 13.0 Å². The molecule has 0 aliphatic heterocycles. The molecule has 0 aliphatic carbocycles. The highest BCUT2D eigenvalue weighted by Crippen LogP contribution is 2.23. The summed E-state index contributed by atoms with van der Waals surface area (Å²) in [5.74, 6) is -1.02. The van der Waals surface area contributed by atoms with Crippen LogP contribution < -0.4 is 4.74 Å². The fourth-order valence-electron chi connectivity index (χ4n) is 1.08. The van der Waals surface area contributed by atoms with Crippen molar-refractivity contribution in [1.82, 2.24) is 0 Å². The van der Waals surface area contributed by atoms with E-state index in [1.165, 1.54) is 25.3 Å². The van der Waals surface area contributed by atoms with Gasteiger partial charge < -0.3 is 4.74 Å². The third-order valence-electron chi connectivity index (χ3n) is 1.68. The summed E-state index contributed by atoms with van der Waals surface area (Å²) in [6.45, 7) is 0. The van der Waals surface area contributed by atoms with Crippen molar-refractivity contribution >= 4 is 9.84 Å². The Labute approximate surface area is 86.6 Å². The molecule has 0 aromatic heterocycles. The number of benzene rings is 1. The fourth-order valence-corrected chi connectivity index (χ4v) is 2.24. The Balaban J connectivity index is 3.20. The number of para-hydroxylation sites is 1. The second kappa shape index (κ2) is 4.26. The van der Waals surface area contributed by atoms with Crippen molar-refractivity contribution in [2.24, 2.45) is 0 Å². The maximum atomic E-state index is 11.5. The first-order chi connectivity index (χ1) is 6.97. The maximum Gasteiger partial charge on any atom is 0.306 e. The van der Waals surface area contributed by atoms with Crippen molar-refractivity contribution < 1.29 is 18.1 Å². The Bertz CT molecular complexity index is 468. The number of sulfone groups is 1. The minimum Gasteiger partial charge on any atom is -0.495 e. The van der Waals surface area contributed by atoms with Crippen LogP contribution in [0.5, 0.6) is 5.75 Å². The average Bonchev–Trinajstić information content (AvgIpc) is 2.16. The van der Waals surface area contributed by atoms with Crippen molar-refractivity contribution in [2.45, 2.75) is 4.90 Å². The fraction of sp³-hybridized carbons (Fsp3) is 0.250. The number of hydrogen-bond acceptors (Lipinski definition) is 5. The molecule has 0 aliphatic rings. The van der Waals surface area contributed by atoms with Gasteiger partial charge in [-0.1, -0.05) is 12.1 Å².